The molecule has 0 aliphatic rings. The van der Waals surface area contributed by atoms with Crippen LogP contribution in [0.25, 0.3) is 16.6 Å². The first-order valence-electron chi connectivity index (χ1n) is 6.98. The number of hydrogen-bond donors (Lipinski definition) is 0. The van der Waals surface area contributed by atoms with Crippen molar-refractivity contribution in [1.82, 2.24) is 20.0 Å². The number of rotatable bonds is 3. The lowest BCUT2D eigenvalue weighted by molar-refractivity contribution is 0.392. The molecule has 0 unspecified atom stereocenters. The van der Waals surface area contributed by atoms with Gasteiger partial charge in [0.2, 0.25) is 0 Å². The molecule has 1 aromatic carbocycles. The standard InChI is InChI=1S/C16H18N4O2/c1-9-15-11(3)20(19-16(15)10(2)18-17-9)13-7-6-12(21-4)8-14(13)22-5/h6-8H,1-5H3. The molecule has 2 heterocycles. The van der Waals surface area contributed by atoms with Gasteiger partial charge in [-0.15, -0.1) is 0 Å². The van der Waals surface area contributed by atoms with Crippen molar-refractivity contribution < 1.29 is 9.47 Å². The first kappa shape index (κ1) is 14.3. The van der Waals surface area contributed by atoms with E-state index < -0.39 is 0 Å². The van der Waals surface area contributed by atoms with E-state index in [1.807, 2.05) is 43.7 Å². The van der Waals surface area contributed by atoms with E-state index in [9.17, 15) is 0 Å². The van der Waals surface area contributed by atoms with Crippen LogP contribution in [0.3, 0.4) is 0 Å². The summed E-state index contributed by atoms with van der Waals surface area (Å²) in [5, 5.41) is 14.1. The quantitative estimate of drug-likeness (QED) is 0.744. The highest BCUT2D eigenvalue weighted by molar-refractivity contribution is 5.85. The second-order valence-electron chi connectivity index (χ2n) is 5.13. The van der Waals surface area contributed by atoms with Crippen LogP contribution in [-0.2, 0) is 0 Å². The van der Waals surface area contributed by atoms with Crippen molar-refractivity contribution in [2.75, 3.05) is 14.2 Å². The van der Waals surface area contributed by atoms with Crippen molar-refractivity contribution in [1.29, 1.82) is 0 Å². The van der Waals surface area contributed by atoms with Gasteiger partial charge in [-0.2, -0.15) is 15.3 Å². The van der Waals surface area contributed by atoms with E-state index in [-0.39, 0.29) is 0 Å². The molecule has 6 nitrogen and oxygen atoms in total. The maximum absolute atomic E-state index is 5.48. The lowest BCUT2D eigenvalue weighted by Gasteiger charge is -2.11. The Hall–Kier alpha value is -2.63. The van der Waals surface area contributed by atoms with E-state index >= 15 is 0 Å². The molecule has 0 radical (unpaired) electrons. The van der Waals surface area contributed by atoms with Crippen molar-refractivity contribution in [3.63, 3.8) is 0 Å². The maximum Gasteiger partial charge on any atom is 0.148 e. The van der Waals surface area contributed by atoms with E-state index in [0.717, 1.165) is 39.4 Å². The molecule has 3 aromatic rings. The number of ether oxygens (including phenoxy) is 2. The van der Waals surface area contributed by atoms with Crippen LogP contribution < -0.4 is 9.47 Å². The highest BCUT2D eigenvalue weighted by Crippen LogP contribution is 2.31. The van der Waals surface area contributed by atoms with Crippen molar-refractivity contribution >= 4 is 10.9 Å². The minimum atomic E-state index is 0.700. The SMILES string of the molecule is COc1ccc(-n2nc3c(C)nnc(C)c3c2C)c(OC)c1. The maximum atomic E-state index is 5.48. The van der Waals surface area contributed by atoms with Gasteiger partial charge in [0, 0.05) is 11.5 Å². The average molecular weight is 298 g/mol. The molecule has 0 amide bonds. The highest BCUT2D eigenvalue weighted by atomic mass is 16.5. The van der Waals surface area contributed by atoms with Gasteiger partial charge in [-0.3, -0.25) is 0 Å². The van der Waals surface area contributed by atoms with Gasteiger partial charge in [-0.1, -0.05) is 0 Å². The molecule has 3 rings (SSSR count). The normalized spacial score (nSPS) is 11.0. The average Bonchev–Trinajstić information content (AvgIpc) is 2.89. The largest absolute Gasteiger partial charge is 0.497 e. The molecule has 6 heteroatoms. The highest BCUT2D eigenvalue weighted by Gasteiger charge is 2.17. The number of aryl methyl sites for hydroxylation is 3. The summed E-state index contributed by atoms with van der Waals surface area (Å²) in [7, 11) is 3.27. The molecule has 22 heavy (non-hydrogen) atoms. The number of nitrogens with zero attached hydrogens (tertiary/aromatic N) is 4. The Kier molecular flexibility index (Phi) is 3.44. The van der Waals surface area contributed by atoms with Crippen molar-refractivity contribution in [2.24, 2.45) is 0 Å². The summed E-state index contributed by atoms with van der Waals surface area (Å²) in [6.07, 6.45) is 0. The molecule has 0 atom stereocenters. The van der Waals surface area contributed by atoms with Crippen molar-refractivity contribution in [2.45, 2.75) is 20.8 Å². The summed E-state index contributed by atoms with van der Waals surface area (Å²) in [5.41, 5.74) is 4.42. The van der Waals surface area contributed by atoms with Gasteiger partial charge in [0.1, 0.15) is 22.7 Å². The molecule has 0 saturated heterocycles. The monoisotopic (exact) mass is 298 g/mol. The fourth-order valence-corrected chi connectivity index (χ4v) is 2.63. The molecule has 2 aromatic heterocycles. The van der Waals surface area contributed by atoms with Crippen LogP contribution in [0.2, 0.25) is 0 Å². The van der Waals surface area contributed by atoms with Crippen LogP contribution in [0.15, 0.2) is 18.2 Å². The van der Waals surface area contributed by atoms with Crippen LogP contribution in [0.1, 0.15) is 17.1 Å². The molecular formula is C16H18N4O2. The Labute approximate surface area is 128 Å². The molecule has 0 bridgehead atoms. The zero-order chi connectivity index (χ0) is 15.9. The van der Waals surface area contributed by atoms with Gasteiger partial charge >= 0.3 is 0 Å². The van der Waals surface area contributed by atoms with E-state index in [2.05, 4.69) is 10.2 Å². The van der Waals surface area contributed by atoms with Gasteiger partial charge < -0.3 is 9.47 Å². The van der Waals surface area contributed by atoms with Crippen LogP contribution in [0.4, 0.5) is 0 Å². The number of aromatic nitrogens is 4. The molecule has 0 spiro atoms. The first-order valence-corrected chi connectivity index (χ1v) is 6.98. The molecule has 0 N–H and O–H groups in total. The van der Waals surface area contributed by atoms with Gasteiger partial charge in [-0.05, 0) is 32.9 Å². The molecule has 0 fully saturated rings. The molecule has 114 valence electrons. The lowest BCUT2D eigenvalue weighted by Crippen LogP contribution is -2.02. The van der Waals surface area contributed by atoms with E-state index in [1.54, 1.807) is 14.2 Å². The van der Waals surface area contributed by atoms with Gasteiger partial charge in [-0.25, -0.2) is 4.68 Å². The number of hydrogen-bond acceptors (Lipinski definition) is 5. The Morgan fingerprint density at radius 2 is 1.68 bits per heavy atom. The third kappa shape index (κ3) is 2.07. The van der Waals surface area contributed by atoms with E-state index in [4.69, 9.17) is 14.6 Å². The number of fused-ring (bicyclic) bond motifs is 1. The third-order valence-corrected chi connectivity index (χ3v) is 3.79. The number of benzene rings is 1. The zero-order valence-electron chi connectivity index (χ0n) is 13.3. The fourth-order valence-electron chi connectivity index (χ4n) is 2.63. The van der Waals surface area contributed by atoms with Crippen LogP contribution in [0.5, 0.6) is 11.5 Å². The van der Waals surface area contributed by atoms with E-state index in [1.165, 1.54) is 0 Å². The minimum Gasteiger partial charge on any atom is -0.497 e. The first-order chi connectivity index (χ1) is 10.6. The van der Waals surface area contributed by atoms with Crippen LogP contribution in [-0.4, -0.2) is 34.2 Å². The summed E-state index contributed by atoms with van der Waals surface area (Å²) < 4.78 is 12.6. The summed E-state index contributed by atoms with van der Waals surface area (Å²) in [6, 6.07) is 5.67. The van der Waals surface area contributed by atoms with Gasteiger partial charge in [0.05, 0.1) is 31.3 Å². The zero-order valence-corrected chi connectivity index (χ0v) is 13.3. The predicted molar refractivity (Wildman–Crippen MR) is 84.0 cm³/mol. The molecule has 0 saturated carbocycles. The second kappa shape index (κ2) is 5.29. The number of methoxy groups -OCH3 is 2. The smallest absolute Gasteiger partial charge is 0.148 e. The Balaban J connectivity index is 2.29. The molecule has 0 aliphatic heterocycles. The summed E-state index contributed by atoms with van der Waals surface area (Å²) in [6.45, 7) is 5.88. The summed E-state index contributed by atoms with van der Waals surface area (Å²) in [5.74, 6) is 1.44. The lowest BCUT2D eigenvalue weighted by atomic mass is 10.2. The summed E-state index contributed by atoms with van der Waals surface area (Å²) in [4.78, 5) is 0. The van der Waals surface area contributed by atoms with Gasteiger partial charge in [0.15, 0.2) is 0 Å². The van der Waals surface area contributed by atoms with Gasteiger partial charge in [0.25, 0.3) is 0 Å². The Morgan fingerprint density at radius 3 is 2.32 bits per heavy atom. The minimum absolute atomic E-state index is 0.700. The fraction of sp³-hybridized carbons (Fsp3) is 0.312. The predicted octanol–water partition coefficient (Wildman–Crippen LogP) is 2.76. The topological polar surface area (TPSA) is 62.1 Å². The van der Waals surface area contributed by atoms with Crippen LogP contribution in [0, 0.1) is 20.8 Å². The Morgan fingerprint density at radius 1 is 0.955 bits per heavy atom. The van der Waals surface area contributed by atoms with Crippen molar-refractivity contribution in [3.05, 3.63) is 35.3 Å². The molecular weight excluding hydrogens is 280 g/mol. The van der Waals surface area contributed by atoms with Crippen molar-refractivity contribution in [3.8, 4) is 17.2 Å². The Bertz CT molecular complexity index is 855. The third-order valence-electron chi connectivity index (χ3n) is 3.79. The second-order valence-corrected chi connectivity index (χ2v) is 5.13. The van der Waals surface area contributed by atoms with Crippen LogP contribution >= 0.6 is 0 Å². The van der Waals surface area contributed by atoms with E-state index in [0.29, 0.717) is 5.75 Å². The molecule has 0 aliphatic carbocycles. The summed E-state index contributed by atoms with van der Waals surface area (Å²) >= 11 is 0.